The number of hydrogen-bond acceptors (Lipinski definition) is 4. The molecule has 0 aliphatic heterocycles. The van der Waals surface area contributed by atoms with Crippen molar-refractivity contribution in [2.45, 2.75) is 19.8 Å². The van der Waals surface area contributed by atoms with Crippen LogP contribution in [0.3, 0.4) is 0 Å². The lowest BCUT2D eigenvalue weighted by Gasteiger charge is -2.13. The van der Waals surface area contributed by atoms with Gasteiger partial charge >= 0.3 is 5.97 Å². The molecule has 0 aliphatic rings. The second-order valence-electron chi connectivity index (χ2n) is 3.96. The number of aryl methyl sites for hydroxylation is 1. The number of carbonyl (C=O) groups excluding carboxylic acids is 1. The summed E-state index contributed by atoms with van der Waals surface area (Å²) in [6.45, 7) is 1.86. The van der Waals surface area contributed by atoms with Crippen LogP contribution in [0, 0.1) is 6.92 Å². The van der Waals surface area contributed by atoms with Gasteiger partial charge < -0.3 is 19.9 Å². The molecule has 0 fully saturated rings. The van der Waals surface area contributed by atoms with Crippen LogP contribution in [0.5, 0.6) is 11.5 Å². The number of ether oxygens (including phenoxy) is 2. The summed E-state index contributed by atoms with van der Waals surface area (Å²) < 4.78 is 10.3. The molecular weight excluding hydrogens is 250 g/mol. The topological polar surface area (TPSA) is 84.9 Å². The van der Waals surface area contributed by atoms with E-state index in [9.17, 15) is 9.59 Å². The molecule has 0 saturated carbocycles. The fourth-order valence-electron chi connectivity index (χ4n) is 1.58. The molecule has 0 radical (unpaired) electrons. The fourth-order valence-corrected chi connectivity index (χ4v) is 1.58. The highest BCUT2D eigenvalue weighted by Gasteiger charge is 2.12. The first kappa shape index (κ1) is 14.8. The van der Waals surface area contributed by atoms with Crippen LogP contribution >= 0.6 is 0 Å². The van der Waals surface area contributed by atoms with Crippen LogP contribution in [0.2, 0.25) is 0 Å². The van der Waals surface area contributed by atoms with Crippen molar-refractivity contribution in [2.75, 3.05) is 19.5 Å². The van der Waals surface area contributed by atoms with E-state index in [1.54, 1.807) is 12.1 Å². The highest BCUT2D eigenvalue weighted by Crippen LogP contribution is 2.32. The number of carboxylic acid groups (broad SMARTS) is 1. The lowest BCUT2D eigenvalue weighted by molar-refractivity contribution is -0.138. The molecule has 0 spiro atoms. The van der Waals surface area contributed by atoms with Gasteiger partial charge in [-0.1, -0.05) is 0 Å². The molecule has 1 rings (SSSR count). The summed E-state index contributed by atoms with van der Waals surface area (Å²) in [5.74, 6) is -0.272. The second-order valence-corrected chi connectivity index (χ2v) is 3.96. The molecule has 104 valence electrons. The minimum atomic E-state index is -1.01. The molecule has 6 nitrogen and oxygen atoms in total. The van der Waals surface area contributed by atoms with Crippen molar-refractivity contribution >= 4 is 17.6 Å². The Morgan fingerprint density at radius 2 is 1.79 bits per heavy atom. The van der Waals surface area contributed by atoms with Gasteiger partial charge in [-0.2, -0.15) is 0 Å². The van der Waals surface area contributed by atoms with Crippen molar-refractivity contribution in [1.29, 1.82) is 0 Å². The number of hydrogen-bond donors (Lipinski definition) is 2. The van der Waals surface area contributed by atoms with E-state index in [-0.39, 0.29) is 18.7 Å². The summed E-state index contributed by atoms with van der Waals surface area (Å²) in [5, 5.41) is 11.1. The van der Waals surface area contributed by atoms with Crippen LogP contribution in [-0.4, -0.2) is 31.2 Å². The maximum Gasteiger partial charge on any atom is 0.303 e. The monoisotopic (exact) mass is 267 g/mol. The molecule has 0 saturated heterocycles. The van der Waals surface area contributed by atoms with Crippen LogP contribution in [0.4, 0.5) is 5.69 Å². The normalized spacial score (nSPS) is 9.84. The zero-order valence-electron chi connectivity index (χ0n) is 11.1. The van der Waals surface area contributed by atoms with Crippen molar-refractivity contribution in [3.05, 3.63) is 17.7 Å². The van der Waals surface area contributed by atoms with E-state index >= 15 is 0 Å². The Hall–Kier alpha value is -2.24. The predicted octanol–water partition coefficient (Wildman–Crippen LogP) is 1.82. The summed E-state index contributed by atoms with van der Waals surface area (Å²) in [7, 11) is 3.03. The van der Waals surface area contributed by atoms with Crippen molar-refractivity contribution in [3.8, 4) is 11.5 Å². The molecule has 0 heterocycles. The van der Waals surface area contributed by atoms with E-state index in [0.29, 0.717) is 17.2 Å². The van der Waals surface area contributed by atoms with E-state index in [1.165, 1.54) is 14.2 Å². The van der Waals surface area contributed by atoms with Gasteiger partial charge in [-0.05, 0) is 18.6 Å². The number of methoxy groups -OCH3 is 2. The van der Waals surface area contributed by atoms with Crippen LogP contribution in [0.1, 0.15) is 18.4 Å². The summed E-state index contributed by atoms with van der Waals surface area (Å²) >= 11 is 0. The van der Waals surface area contributed by atoms with Gasteiger partial charge in [-0.25, -0.2) is 0 Å². The van der Waals surface area contributed by atoms with Crippen molar-refractivity contribution in [2.24, 2.45) is 0 Å². The van der Waals surface area contributed by atoms with Crippen molar-refractivity contribution < 1.29 is 24.2 Å². The molecule has 1 aromatic carbocycles. The van der Waals surface area contributed by atoms with Gasteiger partial charge in [0, 0.05) is 12.5 Å². The lowest BCUT2D eigenvalue weighted by atomic mass is 10.1. The van der Waals surface area contributed by atoms with Gasteiger partial charge in [0.25, 0.3) is 0 Å². The summed E-state index contributed by atoms with van der Waals surface area (Å²) in [6.07, 6.45) is -0.300. The van der Waals surface area contributed by atoms with Crippen LogP contribution < -0.4 is 14.8 Å². The molecule has 0 atom stereocenters. The minimum Gasteiger partial charge on any atom is -0.496 e. The molecule has 1 amide bonds. The Balaban J connectivity index is 2.86. The molecule has 6 heteroatoms. The Labute approximate surface area is 111 Å². The average Bonchev–Trinajstić information content (AvgIpc) is 2.37. The number of carbonyl (C=O) groups is 2. The largest absolute Gasteiger partial charge is 0.496 e. The number of nitrogens with one attached hydrogen (secondary N) is 1. The average molecular weight is 267 g/mol. The molecule has 2 N–H and O–H groups in total. The maximum atomic E-state index is 11.6. The third kappa shape index (κ3) is 4.17. The van der Waals surface area contributed by atoms with E-state index in [1.807, 2.05) is 6.92 Å². The Morgan fingerprint density at radius 3 is 2.32 bits per heavy atom. The van der Waals surface area contributed by atoms with Gasteiger partial charge in [0.2, 0.25) is 5.91 Å². The number of amides is 1. The number of benzene rings is 1. The quantitative estimate of drug-likeness (QED) is 0.821. The standard InChI is InChI=1S/C13H17NO5/c1-8-6-11(19-3)9(7-10(8)18-2)14-12(15)4-5-13(16)17/h6-7H,4-5H2,1-3H3,(H,14,15)(H,16,17). The Kier molecular flexibility index (Phi) is 5.17. The second kappa shape index (κ2) is 6.63. The number of carboxylic acids is 1. The van der Waals surface area contributed by atoms with Gasteiger partial charge in [-0.15, -0.1) is 0 Å². The zero-order chi connectivity index (χ0) is 14.4. The molecule has 19 heavy (non-hydrogen) atoms. The SMILES string of the molecule is COc1cc(NC(=O)CCC(=O)O)c(OC)cc1C. The summed E-state index contributed by atoms with van der Waals surface area (Å²) in [4.78, 5) is 22.0. The van der Waals surface area contributed by atoms with E-state index in [0.717, 1.165) is 5.56 Å². The highest BCUT2D eigenvalue weighted by atomic mass is 16.5. The lowest BCUT2D eigenvalue weighted by Crippen LogP contribution is -2.14. The molecule has 0 unspecified atom stereocenters. The van der Waals surface area contributed by atoms with Crippen LogP contribution in [0.15, 0.2) is 12.1 Å². The van der Waals surface area contributed by atoms with E-state index < -0.39 is 5.97 Å². The predicted molar refractivity (Wildman–Crippen MR) is 69.8 cm³/mol. The maximum absolute atomic E-state index is 11.6. The fraction of sp³-hybridized carbons (Fsp3) is 0.385. The van der Waals surface area contributed by atoms with E-state index in [2.05, 4.69) is 5.32 Å². The smallest absolute Gasteiger partial charge is 0.303 e. The Bertz CT molecular complexity index is 484. The van der Waals surface area contributed by atoms with Gasteiger partial charge in [0.15, 0.2) is 0 Å². The van der Waals surface area contributed by atoms with E-state index in [4.69, 9.17) is 14.6 Å². The third-order valence-corrected chi connectivity index (χ3v) is 2.56. The first-order valence-corrected chi connectivity index (χ1v) is 5.72. The molecule has 0 aromatic heterocycles. The minimum absolute atomic E-state index is 0.0886. The summed E-state index contributed by atoms with van der Waals surface area (Å²) in [6, 6.07) is 3.39. The first-order chi connectivity index (χ1) is 8.97. The zero-order valence-corrected chi connectivity index (χ0v) is 11.1. The van der Waals surface area contributed by atoms with Crippen LogP contribution in [0.25, 0.3) is 0 Å². The molecule has 0 aliphatic carbocycles. The number of anilines is 1. The van der Waals surface area contributed by atoms with Gasteiger partial charge in [0.05, 0.1) is 26.3 Å². The Morgan fingerprint density at radius 1 is 1.16 bits per heavy atom. The summed E-state index contributed by atoms with van der Waals surface area (Å²) in [5.41, 5.74) is 1.34. The number of rotatable bonds is 6. The highest BCUT2D eigenvalue weighted by molar-refractivity contribution is 5.94. The molecule has 0 bridgehead atoms. The first-order valence-electron chi connectivity index (χ1n) is 5.72. The van der Waals surface area contributed by atoms with Gasteiger partial charge in [0.1, 0.15) is 11.5 Å². The molecule has 1 aromatic rings. The number of aliphatic carboxylic acids is 1. The van der Waals surface area contributed by atoms with Crippen LogP contribution in [-0.2, 0) is 9.59 Å². The molecular formula is C13H17NO5. The van der Waals surface area contributed by atoms with Crippen molar-refractivity contribution in [3.63, 3.8) is 0 Å². The van der Waals surface area contributed by atoms with Crippen molar-refractivity contribution in [1.82, 2.24) is 0 Å². The van der Waals surface area contributed by atoms with Gasteiger partial charge in [-0.3, -0.25) is 9.59 Å². The third-order valence-electron chi connectivity index (χ3n) is 2.56.